The third-order valence-corrected chi connectivity index (χ3v) is 4.13. The normalized spacial score (nSPS) is 12.5. The third-order valence-electron chi connectivity index (χ3n) is 3.74. The lowest BCUT2D eigenvalue weighted by atomic mass is 10.0. The highest BCUT2D eigenvalue weighted by atomic mass is 35.5. The van der Waals surface area contributed by atoms with Gasteiger partial charge in [0.05, 0.1) is 19.2 Å². The van der Waals surface area contributed by atoms with Gasteiger partial charge in [0, 0.05) is 12.6 Å². The Hall–Kier alpha value is -0.970. The minimum atomic E-state index is 0.0915. The highest BCUT2D eigenvalue weighted by molar-refractivity contribution is 6.33. The monoisotopic (exact) mass is 314 g/mol. The first-order valence-electron chi connectivity index (χ1n) is 7.48. The summed E-state index contributed by atoms with van der Waals surface area (Å²) < 4.78 is 10.7. The molecule has 5 heteroatoms. The summed E-state index contributed by atoms with van der Waals surface area (Å²) in [6.45, 7) is 6.81. The van der Waals surface area contributed by atoms with Crippen molar-refractivity contribution in [3.63, 3.8) is 0 Å². The zero-order valence-electron chi connectivity index (χ0n) is 13.5. The van der Waals surface area contributed by atoms with E-state index in [9.17, 15) is 0 Å². The molecule has 0 radical (unpaired) electrons. The molecule has 0 aromatic heterocycles. The molecule has 2 N–H and O–H groups in total. The summed E-state index contributed by atoms with van der Waals surface area (Å²) in [5, 5.41) is 0.585. The van der Waals surface area contributed by atoms with E-state index in [1.165, 1.54) is 0 Å². The van der Waals surface area contributed by atoms with E-state index in [1.54, 1.807) is 14.2 Å². The Kier molecular flexibility index (Phi) is 7.86. The van der Waals surface area contributed by atoms with Crippen LogP contribution in [0.2, 0.25) is 5.02 Å². The van der Waals surface area contributed by atoms with Crippen LogP contribution in [0.3, 0.4) is 0 Å². The number of methoxy groups -OCH3 is 2. The van der Waals surface area contributed by atoms with Crippen LogP contribution in [0.4, 0.5) is 0 Å². The molecule has 0 amide bonds. The maximum atomic E-state index is 6.51. The molecule has 21 heavy (non-hydrogen) atoms. The zero-order chi connectivity index (χ0) is 15.8. The maximum absolute atomic E-state index is 6.51. The number of unbranched alkanes of at least 4 members (excludes halogenated alkanes) is 1. The molecule has 1 rings (SSSR count). The number of likely N-dealkylation sites (N-methyl/N-ethyl adjacent to an activating group) is 1. The molecule has 4 nitrogen and oxygen atoms in total. The topological polar surface area (TPSA) is 47.7 Å². The minimum Gasteiger partial charge on any atom is -0.493 e. The molecule has 0 bridgehead atoms. The number of benzene rings is 1. The van der Waals surface area contributed by atoms with Crippen molar-refractivity contribution in [2.24, 2.45) is 5.73 Å². The van der Waals surface area contributed by atoms with Crippen LogP contribution >= 0.6 is 11.6 Å². The van der Waals surface area contributed by atoms with Gasteiger partial charge in [0.25, 0.3) is 0 Å². The fourth-order valence-electron chi connectivity index (χ4n) is 2.53. The highest BCUT2D eigenvalue weighted by Crippen LogP contribution is 2.40. The molecule has 0 saturated heterocycles. The predicted octanol–water partition coefficient (Wildman–Crippen LogP) is 3.48. The SMILES string of the molecule is CCCCN(CC)C(CN)c1ccc(OC)c(OC)c1Cl. The maximum Gasteiger partial charge on any atom is 0.179 e. The Balaban J connectivity index is 3.15. The quantitative estimate of drug-likeness (QED) is 0.758. The Morgan fingerprint density at radius 3 is 2.43 bits per heavy atom. The first-order chi connectivity index (χ1) is 10.1. The van der Waals surface area contributed by atoms with Gasteiger partial charge in [0.15, 0.2) is 11.5 Å². The third kappa shape index (κ3) is 4.25. The summed E-state index contributed by atoms with van der Waals surface area (Å²) in [5.74, 6) is 1.21. The summed E-state index contributed by atoms with van der Waals surface area (Å²) in [6.07, 6.45) is 2.31. The van der Waals surface area contributed by atoms with Gasteiger partial charge in [-0.25, -0.2) is 0 Å². The lowest BCUT2D eigenvalue weighted by molar-refractivity contribution is 0.209. The molecule has 0 aliphatic heterocycles. The molecule has 1 aromatic rings. The van der Waals surface area contributed by atoms with E-state index in [0.29, 0.717) is 23.1 Å². The number of halogens is 1. The van der Waals surface area contributed by atoms with Gasteiger partial charge in [-0.2, -0.15) is 0 Å². The molecule has 1 atom stereocenters. The zero-order valence-corrected chi connectivity index (χ0v) is 14.2. The molecular weight excluding hydrogens is 288 g/mol. The first kappa shape index (κ1) is 18.1. The smallest absolute Gasteiger partial charge is 0.179 e. The van der Waals surface area contributed by atoms with Crippen molar-refractivity contribution in [1.29, 1.82) is 0 Å². The number of rotatable bonds is 9. The Labute approximate surface area is 133 Å². The van der Waals surface area contributed by atoms with E-state index >= 15 is 0 Å². The molecule has 0 fully saturated rings. The number of ether oxygens (including phenoxy) is 2. The fourth-order valence-corrected chi connectivity index (χ4v) is 2.89. The van der Waals surface area contributed by atoms with Crippen molar-refractivity contribution in [2.45, 2.75) is 32.7 Å². The summed E-state index contributed by atoms with van der Waals surface area (Å²) in [7, 11) is 3.20. The van der Waals surface area contributed by atoms with Crippen LogP contribution in [0.1, 0.15) is 38.3 Å². The van der Waals surface area contributed by atoms with Crippen LogP contribution in [-0.4, -0.2) is 38.8 Å². The molecule has 0 saturated carbocycles. The molecule has 1 aromatic carbocycles. The van der Waals surface area contributed by atoms with Crippen molar-refractivity contribution in [3.8, 4) is 11.5 Å². The predicted molar refractivity (Wildman–Crippen MR) is 88.5 cm³/mol. The van der Waals surface area contributed by atoms with Gasteiger partial charge in [0.1, 0.15) is 0 Å². The van der Waals surface area contributed by atoms with Crippen molar-refractivity contribution in [1.82, 2.24) is 4.90 Å². The molecule has 0 aliphatic carbocycles. The minimum absolute atomic E-state index is 0.0915. The second-order valence-corrected chi connectivity index (χ2v) is 5.32. The molecule has 0 aliphatic rings. The van der Waals surface area contributed by atoms with Crippen LogP contribution in [-0.2, 0) is 0 Å². The fraction of sp³-hybridized carbons (Fsp3) is 0.625. The van der Waals surface area contributed by atoms with Gasteiger partial charge >= 0.3 is 0 Å². The average Bonchev–Trinajstić information content (AvgIpc) is 2.51. The Morgan fingerprint density at radius 2 is 1.95 bits per heavy atom. The Bertz CT molecular complexity index is 441. The van der Waals surface area contributed by atoms with Crippen LogP contribution in [0.25, 0.3) is 0 Å². The molecule has 0 spiro atoms. The van der Waals surface area contributed by atoms with E-state index in [-0.39, 0.29) is 6.04 Å². The Morgan fingerprint density at radius 1 is 1.24 bits per heavy atom. The van der Waals surface area contributed by atoms with Gasteiger partial charge in [-0.05, 0) is 31.1 Å². The second-order valence-electron chi connectivity index (χ2n) is 4.94. The van der Waals surface area contributed by atoms with E-state index in [1.807, 2.05) is 12.1 Å². The van der Waals surface area contributed by atoms with Crippen molar-refractivity contribution >= 4 is 11.6 Å². The van der Waals surface area contributed by atoms with E-state index in [0.717, 1.165) is 31.5 Å². The lowest BCUT2D eigenvalue weighted by Crippen LogP contribution is -2.34. The van der Waals surface area contributed by atoms with Crippen LogP contribution in [0, 0.1) is 0 Å². The van der Waals surface area contributed by atoms with E-state index in [2.05, 4.69) is 18.7 Å². The second kappa shape index (κ2) is 9.13. The number of nitrogens with zero attached hydrogens (tertiary/aromatic N) is 1. The van der Waals surface area contributed by atoms with Crippen molar-refractivity contribution in [2.75, 3.05) is 33.9 Å². The van der Waals surface area contributed by atoms with E-state index < -0.39 is 0 Å². The van der Waals surface area contributed by atoms with Crippen LogP contribution in [0.15, 0.2) is 12.1 Å². The van der Waals surface area contributed by atoms with Gasteiger partial charge in [-0.1, -0.05) is 37.9 Å². The standard InChI is InChI=1S/C16H27ClN2O2/c1-5-7-10-19(6-2)13(11-18)12-8-9-14(20-3)16(21-4)15(12)17/h8-9,13H,5-7,10-11,18H2,1-4H3. The molecule has 120 valence electrons. The van der Waals surface area contributed by atoms with Crippen LogP contribution in [0.5, 0.6) is 11.5 Å². The number of hydrogen-bond donors (Lipinski definition) is 1. The molecule has 1 unspecified atom stereocenters. The number of hydrogen-bond acceptors (Lipinski definition) is 4. The van der Waals surface area contributed by atoms with E-state index in [4.69, 9.17) is 26.8 Å². The highest BCUT2D eigenvalue weighted by Gasteiger charge is 2.23. The summed E-state index contributed by atoms with van der Waals surface area (Å²) in [6, 6.07) is 3.96. The molecule has 0 heterocycles. The van der Waals surface area contributed by atoms with Gasteiger partial charge in [-0.3, -0.25) is 4.90 Å². The number of nitrogens with two attached hydrogens (primary N) is 1. The van der Waals surface area contributed by atoms with Crippen LogP contribution < -0.4 is 15.2 Å². The summed E-state index contributed by atoms with van der Waals surface area (Å²) in [4.78, 5) is 2.36. The average molecular weight is 315 g/mol. The lowest BCUT2D eigenvalue weighted by Gasteiger charge is -2.31. The summed E-state index contributed by atoms with van der Waals surface area (Å²) in [5.41, 5.74) is 7.01. The largest absolute Gasteiger partial charge is 0.493 e. The van der Waals surface area contributed by atoms with Gasteiger partial charge < -0.3 is 15.2 Å². The van der Waals surface area contributed by atoms with Gasteiger partial charge in [0.2, 0.25) is 0 Å². The van der Waals surface area contributed by atoms with Gasteiger partial charge in [-0.15, -0.1) is 0 Å². The summed E-state index contributed by atoms with van der Waals surface area (Å²) >= 11 is 6.51. The molecular formula is C16H27ClN2O2. The first-order valence-corrected chi connectivity index (χ1v) is 7.86. The van der Waals surface area contributed by atoms with Crippen molar-refractivity contribution in [3.05, 3.63) is 22.7 Å². The van der Waals surface area contributed by atoms with Crippen molar-refractivity contribution < 1.29 is 9.47 Å².